The number of rotatable bonds is 2. The Kier molecular flexibility index (Phi) is 2.56. The Balaban J connectivity index is 1.97. The summed E-state index contributed by atoms with van der Waals surface area (Å²) in [6, 6.07) is 5.58. The molecule has 0 fully saturated rings. The number of hydrogen-bond donors (Lipinski definition) is 3. The summed E-state index contributed by atoms with van der Waals surface area (Å²) < 4.78 is 0. The summed E-state index contributed by atoms with van der Waals surface area (Å²) >= 11 is 0. The smallest absolute Gasteiger partial charge is 0.371 e. The van der Waals surface area contributed by atoms with Gasteiger partial charge in [0.1, 0.15) is 0 Å². The molecule has 0 bridgehead atoms. The van der Waals surface area contributed by atoms with Crippen molar-refractivity contribution in [2.24, 2.45) is 0 Å². The molecule has 3 N–H and O–H groups in total. The number of nitrogens with zero attached hydrogens (tertiary/aromatic N) is 1. The fraction of sp³-hybridized carbons (Fsp3) is 0.154. The van der Waals surface area contributed by atoms with Crippen LogP contribution in [-0.4, -0.2) is 27.0 Å². The van der Waals surface area contributed by atoms with Crippen LogP contribution in [0.3, 0.4) is 0 Å². The zero-order chi connectivity index (χ0) is 13.4. The van der Waals surface area contributed by atoms with Gasteiger partial charge < -0.3 is 15.4 Å². The molecule has 6 heteroatoms. The third-order valence-corrected chi connectivity index (χ3v) is 3.09. The van der Waals surface area contributed by atoms with Crippen molar-refractivity contribution in [3.63, 3.8) is 0 Å². The summed E-state index contributed by atoms with van der Waals surface area (Å²) in [6.45, 7) is 0. The lowest BCUT2D eigenvalue weighted by Crippen LogP contribution is -2.18. The number of carboxylic acid groups (broad SMARTS) is 1. The second-order valence-corrected chi connectivity index (χ2v) is 4.37. The molecule has 0 atom stereocenters. The number of aromatic carboxylic acids is 1. The van der Waals surface area contributed by atoms with Crippen LogP contribution >= 0.6 is 0 Å². The van der Waals surface area contributed by atoms with Crippen LogP contribution in [0.15, 0.2) is 24.4 Å². The Morgan fingerprint density at radius 2 is 2.16 bits per heavy atom. The molecule has 1 aromatic carbocycles. The number of nitrogens with one attached hydrogen (secondary N) is 2. The highest BCUT2D eigenvalue weighted by molar-refractivity contribution is 5.94. The van der Waals surface area contributed by atoms with Crippen LogP contribution in [0.5, 0.6) is 0 Å². The molecule has 2 heterocycles. The van der Waals surface area contributed by atoms with E-state index in [0.29, 0.717) is 18.5 Å². The number of imidazole rings is 1. The van der Waals surface area contributed by atoms with Crippen molar-refractivity contribution < 1.29 is 14.7 Å². The number of anilines is 1. The van der Waals surface area contributed by atoms with Gasteiger partial charge in [0.25, 0.3) is 0 Å². The monoisotopic (exact) mass is 257 g/mol. The van der Waals surface area contributed by atoms with E-state index in [1.54, 1.807) is 0 Å². The van der Waals surface area contributed by atoms with Gasteiger partial charge in [-0.3, -0.25) is 4.79 Å². The summed E-state index contributed by atoms with van der Waals surface area (Å²) in [4.78, 5) is 28.6. The van der Waals surface area contributed by atoms with Gasteiger partial charge in [-0.15, -0.1) is 0 Å². The zero-order valence-electron chi connectivity index (χ0n) is 9.93. The molecule has 1 aromatic heterocycles. The topological polar surface area (TPSA) is 95.1 Å². The number of H-pyrrole nitrogens is 1. The molecule has 1 aliphatic heterocycles. The van der Waals surface area contributed by atoms with Crippen LogP contribution in [0, 0.1) is 0 Å². The van der Waals surface area contributed by atoms with Gasteiger partial charge in [0.2, 0.25) is 11.7 Å². The minimum atomic E-state index is -1.09. The Labute approximate surface area is 108 Å². The predicted molar refractivity (Wildman–Crippen MR) is 67.9 cm³/mol. The Bertz CT molecular complexity index is 676. The van der Waals surface area contributed by atoms with Crippen molar-refractivity contribution in [1.29, 1.82) is 0 Å². The number of fused-ring (bicyclic) bond motifs is 1. The third kappa shape index (κ3) is 2.08. The minimum Gasteiger partial charge on any atom is -0.475 e. The van der Waals surface area contributed by atoms with E-state index in [4.69, 9.17) is 5.11 Å². The van der Waals surface area contributed by atoms with E-state index in [9.17, 15) is 9.59 Å². The molecule has 0 saturated carbocycles. The molecule has 6 nitrogen and oxygen atoms in total. The van der Waals surface area contributed by atoms with E-state index < -0.39 is 5.97 Å². The lowest BCUT2D eigenvalue weighted by atomic mass is 9.99. The number of carbonyl (C=O) groups is 2. The van der Waals surface area contributed by atoms with Gasteiger partial charge in [-0.2, -0.15) is 0 Å². The molecule has 2 aromatic rings. The maximum Gasteiger partial charge on any atom is 0.371 e. The highest BCUT2D eigenvalue weighted by atomic mass is 16.4. The fourth-order valence-corrected chi connectivity index (χ4v) is 2.13. The quantitative estimate of drug-likeness (QED) is 0.762. The van der Waals surface area contributed by atoms with Crippen LogP contribution in [0.1, 0.15) is 22.6 Å². The first-order valence-electron chi connectivity index (χ1n) is 5.85. The van der Waals surface area contributed by atoms with E-state index in [1.165, 1.54) is 6.20 Å². The first-order valence-corrected chi connectivity index (χ1v) is 5.85. The summed E-state index contributed by atoms with van der Waals surface area (Å²) in [7, 11) is 0. The molecule has 1 amide bonds. The van der Waals surface area contributed by atoms with E-state index >= 15 is 0 Å². The lowest BCUT2D eigenvalue weighted by Gasteiger charge is -2.17. The third-order valence-electron chi connectivity index (χ3n) is 3.09. The maximum atomic E-state index is 11.3. The highest BCUT2D eigenvalue weighted by Gasteiger charge is 2.16. The predicted octanol–water partition coefficient (Wildman–Crippen LogP) is 1.66. The summed E-state index contributed by atoms with van der Waals surface area (Å²) in [5, 5.41) is 11.6. The zero-order valence-corrected chi connectivity index (χ0v) is 9.93. The van der Waals surface area contributed by atoms with Gasteiger partial charge in [0, 0.05) is 12.1 Å². The SMILES string of the molecule is O=C1CCc2cc(-c3cnc(C(=O)O)[nH]3)ccc2N1. The number of aromatic nitrogens is 2. The molecule has 96 valence electrons. The number of benzene rings is 1. The van der Waals surface area contributed by atoms with Gasteiger partial charge in [-0.25, -0.2) is 9.78 Å². The number of aryl methyl sites for hydroxylation is 1. The van der Waals surface area contributed by atoms with Gasteiger partial charge in [-0.1, -0.05) is 6.07 Å². The minimum absolute atomic E-state index is 0.0231. The summed E-state index contributed by atoms with van der Waals surface area (Å²) in [6.07, 6.45) is 2.65. The number of amides is 1. The molecule has 0 saturated heterocycles. The van der Waals surface area contributed by atoms with Gasteiger partial charge in [0.05, 0.1) is 11.9 Å². The van der Waals surface area contributed by atoms with Crippen molar-refractivity contribution >= 4 is 17.6 Å². The summed E-state index contributed by atoms with van der Waals surface area (Å²) in [5.41, 5.74) is 3.37. The van der Waals surface area contributed by atoms with Crippen molar-refractivity contribution in [2.75, 3.05) is 5.32 Å². The molecule has 3 rings (SSSR count). The molecule has 1 aliphatic rings. The van der Waals surface area contributed by atoms with Crippen LogP contribution in [0.4, 0.5) is 5.69 Å². The second kappa shape index (κ2) is 4.24. The average Bonchev–Trinajstić information content (AvgIpc) is 2.88. The van der Waals surface area contributed by atoms with Crippen molar-refractivity contribution in [2.45, 2.75) is 12.8 Å². The first kappa shape index (κ1) is 11.5. The van der Waals surface area contributed by atoms with Crippen LogP contribution in [-0.2, 0) is 11.2 Å². The molecular formula is C13H11N3O3. The number of carbonyl (C=O) groups excluding carboxylic acids is 1. The van der Waals surface area contributed by atoms with E-state index in [2.05, 4.69) is 15.3 Å². The average molecular weight is 257 g/mol. The second-order valence-electron chi connectivity index (χ2n) is 4.37. The Hall–Kier alpha value is -2.63. The van der Waals surface area contributed by atoms with Gasteiger partial charge in [-0.05, 0) is 29.7 Å². The van der Waals surface area contributed by atoms with Crippen LogP contribution in [0.2, 0.25) is 0 Å². The molecule has 0 aliphatic carbocycles. The largest absolute Gasteiger partial charge is 0.475 e. The molecule has 0 unspecified atom stereocenters. The van der Waals surface area contributed by atoms with Crippen LogP contribution in [0.25, 0.3) is 11.3 Å². The van der Waals surface area contributed by atoms with Crippen molar-refractivity contribution in [1.82, 2.24) is 9.97 Å². The van der Waals surface area contributed by atoms with Gasteiger partial charge in [0.15, 0.2) is 0 Å². The highest BCUT2D eigenvalue weighted by Crippen LogP contribution is 2.27. The number of carboxylic acids is 1. The van der Waals surface area contributed by atoms with Crippen molar-refractivity contribution in [3.8, 4) is 11.3 Å². The molecule has 19 heavy (non-hydrogen) atoms. The normalized spacial score (nSPS) is 13.8. The van der Waals surface area contributed by atoms with E-state index in [1.807, 2.05) is 18.2 Å². The molecule has 0 spiro atoms. The lowest BCUT2D eigenvalue weighted by molar-refractivity contribution is -0.116. The molecular weight excluding hydrogens is 246 g/mol. The van der Waals surface area contributed by atoms with Crippen molar-refractivity contribution in [3.05, 3.63) is 35.8 Å². The summed E-state index contributed by atoms with van der Waals surface area (Å²) in [5.74, 6) is -1.15. The Morgan fingerprint density at radius 3 is 2.89 bits per heavy atom. The fourth-order valence-electron chi connectivity index (χ4n) is 2.13. The van der Waals surface area contributed by atoms with Crippen LogP contribution < -0.4 is 5.32 Å². The maximum absolute atomic E-state index is 11.3. The standard InChI is InChI=1S/C13H11N3O3/c17-11-4-2-7-5-8(1-3-9(7)15-11)10-6-14-12(16-10)13(18)19/h1,3,5-6H,2,4H2,(H,14,16)(H,15,17)(H,18,19). The Morgan fingerprint density at radius 1 is 1.32 bits per heavy atom. The van der Waals surface area contributed by atoms with E-state index in [0.717, 1.165) is 16.8 Å². The van der Waals surface area contributed by atoms with Gasteiger partial charge >= 0.3 is 5.97 Å². The first-order chi connectivity index (χ1) is 9.13. The molecule has 0 radical (unpaired) electrons. The number of aromatic amines is 1. The van der Waals surface area contributed by atoms with E-state index in [-0.39, 0.29) is 11.7 Å². The number of hydrogen-bond acceptors (Lipinski definition) is 3.